The maximum atomic E-state index is 10.9. The highest BCUT2D eigenvalue weighted by atomic mass is 16.7. The van der Waals surface area contributed by atoms with E-state index in [1.165, 1.54) is 14.2 Å². The molecule has 0 fully saturated rings. The standard InChI is InChI=1S/C12H14O4/c1-4-5-9-6-7-10(11(8-9)14-2)16-12(13)15-3/h4,6-8H,1,5H2,2-3H3. The highest BCUT2D eigenvalue weighted by Gasteiger charge is 2.10. The molecule has 0 heterocycles. The van der Waals surface area contributed by atoms with Crippen LogP contribution in [0.5, 0.6) is 11.5 Å². The molecule has 0 aromatic heterocycles. The number of ether oxygens (including phenoxy) is 3. The predicted octanol–water partition coefficient (Wildman–Crippen LogP) is 2.57. The van der Waals surface area contributed by atoms with Crippen LogP contribution >= 0.6 is 0 Å². The van der Waals surface area contributed by atoms with Gasteiger partial charge in [-0.3, -0.25) is 0 Å². The fraction of sp³-hybridized carbons (Fsp3) is 0.250. The van der Waals surface area contributed by atoms with E-state index in [1.54, 1.807) is 18.2 Å². The molecule has 0 amide bonds. The molecule has 4 nitrogen and oxygen atoms in total. The first kappa shape index (κ1) is 12.1. The van der Waals surface area contributed by atoms with Crippen LogP contribution in [-0.2, 0) is 11.2 Å². The van der Waals surface area contributed by atoms with Gasteiger partial charge in [-0.25, -0.2) is 4.79 Å². The third-order valence-corrected chi connectivity index (χ3v) is 1.97. The molecule has 16 heavy (non-hydrogen) atoms. The van der Waals surface area contributed by atoms with Crippen molar-refractivity contribution in [2.24, 2.45) is 0 Å². The summed E-state index contributed by atoms with van der Waals surface area (Å²) >= 11 is 0. The molecule has 0 bridgehead atoms. The number of hydrogen-bond donors (Lipinski definition) is 0. The lowest BCUT2D eigenvalue weighted by molar-refractivity contribution is 0.120. The van der Waals surface area contributed by atoms with Crippen LogP contribution in [0.2, 0.25) is 0 Å². The summed E-state index contributed by atoms with van der Waals surface area (Å²) in [6.07, 6.45) is 1.75. The summed E-state index contributed by atoms with van der Waals surface area (Å²) in [6.45, 7) is 3.65. The SMILES string of the molecule is C=CCc1ccc(OC(=O)OC)c(OC)c1. The Morgan fingerprint density at radius 3 is 2.69 bits per heavy atom. The normalized spacial score (nSPS) is 9.38. The Morgan fingerprint density at radius 2 is 2.12 bits per heavy atom. The molecule has 1 aromatic carbocycles. The zero-order valence-corrected chi connectivity index (χ0v) is 9.36. The van der Waals surface area contributed by atoms with Gasteiger partial charge in [0.1, 0.15) is 0 Å². The van der Waals surface area contributed by atoms with Gasteiger partial charge in [-0.2, -0.15) is 0 Å². The average molecular weight is 222 g/mol. The van der Waals surface area contributed by atoms with E-state index in [1.807, 2.05) is 6.07 Å². The Labute approximate surface area is 94.4 Å². The van der Waals surface area contributed by atoms with Crippen molar-refractivity contribution in [3.63, 3.8) is 0 Å². The number of rotatable bonds is 4. The Kier molecular flexibility index (Phi) is 4.39. The molecule has 0 saturated heterocycles. The summed E-state index contributed by atoms with van der Waals surface area (Å²) in [7, 11) is 2.76. The van der Waals surface area contributed by atoms with Crippen LogP contribution in [0.1, 0.15) is 5.56 Å². The summed E-state index contributed by atoms with van der Waals surface area (Å²) in [4.78, 5) is 10.9. The smallest absolute Gasteiger partial charge is 0.493 e. The first-order valence-electron chi connectivity index (χ1n) is 4.75. The highest BCUT2D eigenvalue weighted by Crippen LogP contribution is 2.28. The summed E-state index contributed by atoms with van der Waals surface area (Å²) < 4.78 is 14.4. The van der Waals surface area contributed by atoms with Crippen molar-refractivity contribution in [2.75, 3.05) is 14.2 Å². The zero-order chi connectivity index (χ0) is 12.0. The molecular weight excluding hydrogens is 208 g/mol. The van der Waals surface area contributed by atoms with Crippen molar-refractivity contribution in [1.29, 1.82) is 0 Å². The Balaban J connectivity index is 2.92. The van der Waals surface area contributed by atoms with E-state index in [0.717, 1.165) is 12.0 Å². The van der Waals surface area contributed by atoms with Gasteiger partial charge in [-0.05, 0) is 24.1 Å². The van der Waals surface area contributed by atoms with E-state index in [2.05, 4.69) is 11.3 Å². The third kappa shape index (κ3) is 3.02. The summed E-state index contributed by atoms with van der Waals surface area (Å²) in [5.74, 6) is 0.826. The minimum Gasteiger partial charge on any atom is -0.493 e. The molecule has 0 aliphatic carbocycles. The van der Waals surface area contributed by atoms with E-state index in [9.17, 15) is 4.79 Å². The monoisotopic (exact) mass is 222 g/mol. The Morgan fingerprint density at radius 1 is 1.38 bits per heavy atom. The van der Waals surface area contributed by atoms with Crippen molar-refractivity contribution in [3.05, 3.63) is 36.4 Å². The van der Waals surface area contributed by atoms with E-state index < -0.39 is 6.16 Å². The second kappa shape index (κ2) is 5.80. The van der Waals surface area contributed by atoms with Gasteiger partial charge in [0.15, 0.2) is 11.5 Å². The summed E-state index contributed by atoms with van der Waals surface area (Å²) in [5, 5.41) is 0. The summed E-state index contributed by atoms with van der Waals surface area (Å²) in [5.41, 5.74) is 1.03. The van der Waals surface area contributed by atoms with Crippen molar-refractivity contribution < 1.29 is 19.0 Å². The van der Waals surface area contributed by atoms with E-state index in [0.29, 0.717) is 11.5 Å². The largest absolute Gasteiger partial charge is 0.513 e. The molecule has 0 atom stereocenters. The molecule has 0 N–H and O–H groups in total. The predicted molar refractivity (Wildman–Crippen MR) is 59.9 cm³/mol. The molecule has 1 rings (SSSR count). The van der Waals surface area contributed by atoms with Crippen LogP contribution in [0.3, 0.4) is 0 Å². The maximum absolute atomic E-state index is 10.9. The number of carbonyl (C=O) groups excluding carboxylic acids is 1. The number of carbonyl (C=O) groups is 1. The lowest BCUT2D eigenvalue weighted by Gasteiger charge is -2.09. The number of allylic oxidation sites excluding steroid dienone is 1. The Hall–Kier alpha value is -1.97. The molecular formula is C12H14O4. The molecule has 1 aromatic rings. The van der Waals surface area contributed by atoms with Gasteiger partial charge in [0, 0.05) is 0 Å². The van der Waals surface area contributed by atoms with Crippen molar-refractivity contribution >= 4 is 6.16 Å². The average Bonchev–Trinajstić information content (AvgIpc) is 2.31. The number of hydrogen-bond acceptors (Lipinski definition) is 4. The molecule has 0 unspecified atom stereocenters. The Bertz CT molecular complexity index is 385. The van der Waals surface area contributed by atoms with Gasteiger partial charge >= 0.3 is 6.16 Å². The van der Waals surface area contributed by atoms with E-state index >= 15 is 0 Å². The molecule has 0 spiro atoms. The van der Waals surface area contributed by atoms with Crippen molar-refractivity contribution in [1.82, 2.24) is 0 Å². The van der Waals surface area contributed by atoms with Crippen molar-refractivity contribution in [3.8, 4) is 11.5 Å². The van der Waals surface area contributed by atoms with E-state index in [-0.39, 0.29) is 0 Å². The number of benzene rings is 1. The van der Waals surface area contributed by atoms with Crippen LogP contribution in [0.4, 0.5) is 4.79 Å². The lowest BCUT2D eigenvalue weighted by Crippen LogP contribution is -2.08. The fourth-order valence-electron chi connectivity index (χ4n) is 1.22. The molecule has 86 valence electrons. The van der Waals surface area contributed by atoms with Crippen LogP contribution in [0.25, 0.3) is 0 Å². The highest BCUT2D eigenvalue weighted by molar-refractivity contribution is 5.65. The molecule has 0 aliphatic rings. The molecule has 4 heteroatoms. The minimum absolute atomic E-state index is 0.335. The first-order chi connectivity index (χ1) is 7.71. The van der Waals surface area contributed by atoms with Gasteiger partial charge in [0.05, 0.1) is 14.2 Å². The quantitative estimate of drug-likeness (QED) is 0.446. The summed E-state index contributed by atoms with van der Waals surface area (Å²) in [6, 6.07) is 5.29. The molecule has 0 aliphatic heterocycles. The molecule has 0 saturated carbocycles. The van der Waals surface area contributed by atoms with Gasteiger partial charge in [0.25, 0.3) is 0 Å². The second-order valence-corrected chi connectivity index (χ2v) is 3.03. The van der Waals surface area contributed by atoms with Crippen LogP contribution in [0.15, 0.2) is 30.9 Å². The lowest BCUT2D eigenvalue weighted by atomic mass is 10.1. The van der Waals surface area contributed by atoms with Gasteiger partial charge in [-0.1, -0.05) is 12.1 Å². The van der Waals surface area contributed by atoms with Crippen LogP contribution < -0.4 is 9.47 Å². The van der Waals surface area contributed by atoms with Gasteiger partial charge < -0.3 is 14.2 Å². The first-order valence-corrected chi connectivity index (χ1v) is 4.75. The molecule has 0 radical (unpaired) electrons. The van der Waals surface area contributed by atoms with Crippen LogP contribution in [0, 0.1) is 0 Å². The zero-order valence-electron chi connectivity index (χ0n) is 9.36. The number of methoxy groups -OCH3 is 2. The van der Waals surface area contributed by atoms with Crippen molar-refractivity contribution in [2.45, 2.75) is 6.42 Å². The topological polar surface area (TPSA) is 44.8 Å². The van der Waals surface area contributed by atoms with Gasteiger partial charge in [0.2, 0.25) is 0 Å². The minimum atomic E-state index is -0.769. The fourth-order valence-corrected chi connectivity index (χ4v) is 1.22. The van der Waals surface area contributed by atoms with Crippen LogP contribution in [-0.4, -0.2) is 20.4 Å². The van der Waals surface area contributed by atoms with Gasteiger partial charge in [-0.15, -0.1) is 6.58 Å². The third-order valence-electron chi connectivity index (χ3n) is 1.97. The van der Waals surface area contributed by atoms with E-state index in [4.69, 9.17) is 9.47 Å². The maximum Gasteiger partial charge on any atom is 0.513 e. The second-order valence-electron chi connectivity index (χ2n) is 3.03.